The molecule has 180 valence electrons. The third-order valence-electron chi connectivity index (χ3n) is 5.46. The maximum atomic E-state index is 13.0. The van der Waals surface area contributed by atoms with Gasteiger partial charge in [0.15, 0.2) is 0 Å². The highest BCUT2D eigenvalue weighted by molar-refractivity contribution is 5.95. The van der Waals surface area contributed by atoms with E-state index >= 15 is 0 Å². The van der Waals surface area contributed by atoms with Crippen LogP contribution < -0.4 is 15.4 Å². The summed E-state index contributed by atoms with van der Waals surface area (Å²) in [5, 5.41) is 5.65. The molecule has 2 aliphatic rings. The lowest BCUT2D eigenvalue weighted by atomic mass is 9.94. The fraction of sp³-hybridized carbons (Fsp3) is 0.522. The molecule has 2 aliphatic heterocycles. The minimum Gasteiger partial charge on any atom is -0.494 e. The summed E-state index contributed by atoms with van der Waals surface area (Å²) in [7, 11) is 0. The van der Waals surface area contributed by atoms with Gasteiger partial charge < -0.3 is 29.7 Å². The second-order valence-corrected chi connectivity index (χ2v) is 7.58. The predicted molar refractivity (Wildman–Crippen MR) is 121 cm³/mol. The summed E-state index contributed by atoms with van der Waals surface area (Å²) in [6.07, 6.45) is -0.327. The first kappa shape index (κ1) is 24.4. The summed E-state index contributed by atoms with van der Waals surface area (Å²) < 4.78 is 16.2. The molecule has 0 aliphatic carbocycles. The van der Waals surface area contributed by atoms with E-state index in [-0.39, 0.29) is 12.7 Å². The lowest BCUT2D eigenvalue weighted by Gasteiger charge is -2.36. The molecule has 10 nitrogen and oxygen atoms in total. The van der Waals surface area contributed by atoms with Crippen LogP contribution in [0.15, 0.2) is 35.5 Å². The Morgan fingerprint density at radius 1 is 1.00 bits per heavy atom. The van der Waals surface area contributed by atoms with Crippen molar-refractivity contribution >= 4 is 18.1 Å². The van der Waals surface area contributed by atoms with Gasteiger partial charge in [0.05, 0.1) is 31.4 Å². The van der Waals surface area contributed by atoms with Crippen LogP contribution in [0.3, 0.4) is 0 Å². The lowest BCUT2D eigenvalue weighted by molar-refractivity contribution is -0.139. The van der Waals surface area contributed by atoms with E-state index in [9.17, 15) is 14.4 Å². The number of hydrogen-bond donors (Lipinski definition) is 2. The Kier molecular flexibility index (Phi) is 8.53. The fourth-order valence-electron chi connectivity index (χ4n) is 3.96. The zero-order chi connectivity index (χ0) is 23.8. The molecular weight excluding hydrogens is 428 g/mol. The average Bonchev–Trinajstić information content (AvgIpc) is 2.80. The highest BCUT2D eigenvalue weighted by Crippen LogP contribution is 2.34. The SMILES string of the molecule is CCOC(=O)C1=C(CN2CCN(C(=O)OCC)CC2)NC(=O)N[C@H]1c1ccccc1OCC. The lowest BCUT2D eigenvalue weighted by Crippen LogP contribution is -2.52. The van der Waals surface area contributed by atoms with Gasteiger partial charge in [-0.1, -0.05) is 18.2 Å². The fourth-order valence-corrected chi connectivity index (χ4v) is 3.96. The second-order valence-electron chi connectivity index (χ2n) is 7.58. The molecule has 3 rings (SSSR count). The van der Waals surface area contributed by atoms with Gasteiger partial charge >= 0.3 is 18.1 Å². The van der Waals surface area contributed by atoms with Crippen molar-refractivity contribution in [3.8, 4) is 5.75 Å². The maximum absolute atomic E-state index is 13.0. The summed E-state index contributed by atoms with van der Waals surface area (Å²) in [6, 6.07) is 6.20. The zero-order valence-corrected chi connectivity index (χ0v) is 19.4. The van der Waals surface area contributed by atoms with Gasteiger partial charge in [-0.15, -0.1) is 0 Å². The van der Waals surface area contributed by atoms with Crippen molar-refractivity contribution in [2.24, 2.45) is 0 Å². The molecule has 1 fully saturated rings. The Morgan fingerprint density at radius 3 is 2.36 bits per heavy atom. The topological polar surface area (TPSA) is 109 Å². The number of carbonyl (C=O) groups excluding carboxylic acids is 3. The second kappa shape index (κ2) is 11.6. The number of piperazine rings is 1. The maximum Gasteiger partial charge on any atom is 0.409 e. The van der Waals surface area contributed by atoms with Crippen LogP contribution in [0.4, 0.5) is 9.59 Å². The molecule has 0 unspecified atom stereocenters. The van der Waals surface area contributed by atoms with Gasteiger partial charge in [0.2, 0.25) is 0 Å². The molecule has 0 radical (unpaired) electrons. The molecule has 1 aromatic rings. The molecule has 10 heteroatoms. The third kappa shape index (κ3) is 5.95. The number of esters is 1. The van der Waals surface area contributed by atoms with Crippen LogP contribution in [0.25, 0.3) is 0 Å². The first-order valence-electron chi connectivity index (χ1n) is 11.3. The van der Waals surface area contributed by atoms with Crippen LogP contribution in [0.2, 0.25) is 0 Å². The minimum absolute atomic E-state index is 0.210. The van der Waals surface area contributed by atoms with Crippen molar-refractivity contribution in [2.45, 2.75) is 26.8 Å². The van der Waals surface area contributed by atoms with E-state index in [0.29, 0.717) is 68.5 Å². The number of amides is 3. The van der Waals surface area contributed by atoms with Gasteiger partial charge in [-0.3, -0.25) is 4.90 Å². The van der Waals surface area contributed by atoms with Crippen molar-refractivity contribution in [3.63, 3.8) is 0 Å². The largest absolute Gasteiger partial charge is 0.494 e. The standard InChI is InChI=1S/C23H32N4O6/c1-4-31-18-10-8-7-9-16(18)20-19(21(28)32-5-2)17(24-22(29)25-20)15-26-11-13-27(14-12-26)23(30)33-6-3/h7-10,20H,4-6,11-15H2,1-3H3,(H2,24,25,29)/t20-/m0/s1. The number of ether oxygens (including phenoxy) is 3. The van der Waals surface area contributed by atoms with Crippen molar-refractivity contribution < 1.29 is 28.6 Å². The molecule has 3 amide bonds. The number of benzene rings is 1. The average molecular weight is 461 g/mol. The summed E-state index contributed by atoms with van der Waals surface area (Å²) >= 11 is 0. The molecule has 1 atom stereocenters. The molecule has 33 heavy (non-hydrogen) atoms. The number of hydrogen-bond acceptors (Lipinski definition) is 7. The van der Waals surface area contributed by atoms with E-state index in [1.54, 1.807) is 18.7 Å². The Hall–Kier alpha value is -3.27. The van der Waals surface area contributed by atoms with E-state index < -0.39 is 18.0 Å². The monoisotopic (exact) mass is 460 g/mol. The molecule has 2 heterocycles. The number of nitrogens with one attached hydrogen (secondary N) is 2. The Labute approximate surface area is 193 Å². The van der Waals surface area contributed by atoms with E-state index in [1.165, 1.54) is 0 Å². The van der Waals surface area contributed by atoms with Crippen LogP contribution in [0.5, 0.6) is 5.75 Å². The van der Waals surface area contributed by atoms with Gasteiger partial charge in [-0.2, -0.15) is 0 Å². The molecule has 1 aromatic carbocycles. The van der Waals surface area contributed by atoms with Crippen LogP contribution in [-0.2, 0) is 14.3 Å². The van der Waals surface area contributed by atoms with Crippen molar-refractivity contribution in [1.82, 2.24) is 20.4 Å². The molecule has 0 spiro atoms. The number of rotatable bonds is 8. The summed E-state index contributed by atoms with van der Waals surface area (Å²) in [5.74, 6) is 0.0952. The van der Waals surface area contributed by atoms with Crippen molar-refractivity contribution in [1.29, 1.82) is 0 Å². The van der Waals surface area contributed by atoms with Crippen LogP contribution in [0, 0.1) is 0 Å². The molecular formula is C23H32N4O6. The quantitative estimate of drug-likeness (QED) is 0.571. The molecule has 0 aromatic heterocycles. The van der Waals surface area contributed by atoms with E-state index in [1.807, 2.05) is 31.2 Å². The predicted octanol–water partition coefficient (Wildman–Crippen LogP) is 2.03. The van der Waals surface area contributed by atoms with Gasteiger partial charge in [0, 0.05) is 44.0 Å². The van der Waals surface area contributed by atoms with Gasteiger partial charge in [0.25, 0.3) is 0 Å². The third-order valence-corrected chi connectivity index (χ3v) is 5.46. The van der Waals surface area contributed by atoms with Gasteiger partial charge in [-0.25, -0.2) is 14.4 Å². The minimum atomic E-state index is -0.712. The van der Waals surface area contributed by atoms with Crippen LogP contribution in [-0.4, -0.2) is 80.4 Å². The summed E-state index contributed by atoms with van der Waals surface area (Å²) in [6.45, 7) is 8.90. The van der Waals surface area contributed by atoms with E-state index in [2.05, 4.69) is 15.5 Å². The summed E-state index contributed by atoms with van der Waals surface area (Å²) in [5.41, 5.74) is 1.51. The normalized spacial score (nSPS) is 18.9. The first-order chi connectivity index (χ1) is 16.0. The Balaban J connectivity index is 1.88. The number of carbonyl (C=O) groups is 3. The highest BCUT2D eigenvalue weighted by atomic mass is 16.6. The molecule has 1 saturated heterocycles. The van der Waals surface area contributed by atoms with Crippen LogP contribution in [0.1, 0.15) is 32.4 Å². The Bertz CT molecular complexity index is 895. The molecule has 0 saturated carbocycles. The summed E-state index contributed by atoms with van der Waals surface area (Å²) in [4.78, 5) is 41.3. The zero-order valence-electron chi connectivity index (χ0n) is 19.4. The van der Waals surface area contributed by atoms with E-state index in [4.69, 9.17) is 14.2 Å². The molecule has 2 N–H and O–H groups in total. The Morgan fingerprint density at radius 2 is 1.70 bits per heavy atom. The highest BCUT2D eigenvalue weighted by Gasteiger charge is 2.36. The molecule has 0 bridgehead atoms. The van der Waals surface area contributed by atoms with Crippen molar-refractivity contribution in [3.05, 3.63) is 41.1 Å². The smallest absolute Gasteiger partial charge is 0.409 e. The number of nitrogens with zero attached hydrogens (tertiary/aromatic N) is 2. The first-order valence-corrected chi connectivity index (χ1v) is 11.3. The number of para-hydroxylation sites is 1. The van der Waals surface area contributed by atoms with E-state index in [0.717, 1.165) is 0 Å². The van der Waals surface area contributed by atoms with Gasteiger partial charge in [-0.05, 0) is 26.8 Å². The van der Waals surface area contributed by atoms with Crippen molar-refractivity contribution in [2.75, 3.05) is 52.5 Å². The number of urea groups is 1. The van der Waals surface area contributed by atoms with Gasteiger partial charge in [0.1, 0.15) is 5.75 Å². The van der Waals surface area contributed by atoms with Crippen LogP contribution >= 0.6 is 0 Å².